The summed E-state index contributed by atoms with van der Waals surface area (Å²) in [5.74, 6) is 0.401. The zero-order chi connectivity index (χ0) is 14.3. The van der Waals surface area contributed by atoms with Crippen molar-refractivity contribution in [3.8, 4) is 16.9 Å². The number of aldehydes is 1. The lowest BCUT2D eigenvalue weighted by molar-refractivity contribution is 0.111. The van der Waals surface area contributed by atoms with Gasteiger partial charge in [-0.05, 0) is 54.8 Å². The lowest BCUT2D eigenvalue weighted by Gasteiger charge is -2.16. The Labute approximate surface area is 117 Å². The number of fused-ring (bicyclic) bond motifs is 1. The van der Waals surface area contributed by atoms with Crippen LogP contribution < -0.4 is 4.74 Å². The Morgan fingerprint density at radius 2 is 1.85 bits per heavy atom. The summed E-state index contributed by atoms with van der Waals surface area (Å²) in [6.07, 6.45) is 1.36. The van der Waals surface area contributed by atoms with Gasteiger partial charge in [0.05, 0.1) is 5.56 Å². The van der Waals surface area contributed by atoms with E-state index in [9.17, 15) is 9.18 Å². The number of hydrogen-bond donors (Lipinski definition) is 0. The maximum Gasteiger partial charge on any atom is 0.152 e. The van der Waals surface area contributed by atoms with E-state index in [1.54, 1.807) is 6.07 Å². The zero-order valence-corrected chi connectivity index (χ0v) is 11.4. The molecule has 0 aromatic heterocycles. The molecule has 1 aliphatic heterocycles. The normalized spacial score (nSPS) is 15.6. The fraction of sp³-hybridized carbons (Fsp3) is 0.235. The van der Waals surface area contributed by atoms with Crippen LogP contribution in [0.4, 0.5) is 4.39 Å². The van der Waals surface area contributed by atoms with Crippen LogP contribution in [0.5, 0.6) is 5.75 Å². The molecule has 0 radical (unpaired) electrons. The molecule has 0 aliphatic carbocycles. The van der Waals surface area contributed by atoms with Gasteiger partial charge in [0.15, 0.2) is 6.29 Å². The summed E-state index contributed by atoms with van der Waals surface area (Å²) in [7, 11) is 0. The van der Waals surface area contributed by atoms with Crippen LogP contribution in [-0.4, -0.2) is 11.9 Å². The van der Waals surface area contributed by atoms with Crippen molar-refractivity contribution in [3.63, 3.8) is 0 Å². The van der Waals surface area contributed by atoms with Crippen LogP contribution in [0.3, 0.4) is 0 Å². The van der Waals surface area contributed by atoms with Crippen LogP contribution in [0.25, 0.3) is 11.1 Å². The molecule has 0 atom stereocenters. The van der Waals surface area contributed by atoms with Crippen molar-refractivity contribution in [1.29, 1.82) is 0 Å². The largest absolute Gasteiger partial charge is 0.487 e. The minimum Gasteiger partial charge on any atom is -0.487 e. The Morgan fingerprint density at radius 1 is 1.15 bits per heavy atom. The molecule has 3 rings (SSSR count). The molecule has 2 nitrogen and oxygen atoms in total. The first-order valence-corrected chi connectivity index (χ1v) is 6.55. The molecule has 0 N–H and O–H groups in total. The molecule has 102 valence electrons. The molecule has 0 amide bonds. The summed E-state index contributed by atoms with van der Waals surface area (Å²) in [6, 6.07) is 10.5. The molecule has 2 aromatic rings. The average molecular weight is 270 g/mol. The molecule has 0 spiro atoms. The van der Waals surface area contributed by atoms with Gasteiger partial charge in [0.25, 0.3) is 0 Å². The average Bonchev–Trinajstić information content (AvgIpc) is 2.71. The topological polar surface area (TPSA) is 26.3 Å². The smallest absolute Gasteiger partial charge is 0.152 e. The molecular weight excluding hydrogens is 255 g/mol. The van der Waals surface area contributed by atoms with Crippen molar-refractivity contribution in [2.24, 2.45) is 0 Å². The van der Waals surface area contributed by atoms with E-state index in [1.807, 2.05) is 32.0 Å². The standard InChI is InChI=1S/C17H15FO2/c1-17(2)9-14-7-11(5-6-16(14)20-17)12-3-4-13(10-19)15(18)8-12/h3-8,10H,9H2,1-2H3. The molecule has 1 aliphatic rings. The van der Waals surface area contributed by atoms with Crippen molar-refractivity contribution in [2.45, 2.75) is 25.9 Å². The highest BCUT2D eigenvalue weighted by Crippen LogP contribution is 2.37. The Bertz CT molecular complexity index is 689. The number of carbonyl (C=O) groups excluding carboxylic acids is 1. The highest BCUT2D eigenvalue weighted by molar-refractivity contribution is 5.77. The van der Waals surface area contributed by atoms with Crippen LogP contribution in [-0.2, 0) is 6.42 Å². The number of ether oxygens (including phenoxy) is 1. The predicted octanol–water partition coefficient (Wildman–Crippen LogP) is 4.02. The third-order valence-corrected chi connectivity index (χ3v) is 3.52. The Hall–Kier alpha value is -2.16. The van der Waals surface area contributed by atoms with Crippen molar-refractivity contribution in [3.05, 3.63) is 53.3 Å². The Morgan fingerprint density at radius 3 is 2.55 bits per heavy atom. The van der Waals surface area contributed by atoms with E-state index in [0.717, 1.165) is 28.9 Å². The van der Waals surface area contributed by atoms with Crippen molar-refractivity contribution in [2.75, 3.05) is 0 Å². The second-order valence-electron chi connectivity index (χ2n) is 5.72. The number of halogens is 1. The van der Waals surface area contributed by atoms with Gasteiger partial charge in [-0.1, -0.05) is 12.1 Å². The highest BCUT2D eigenvalue weighted by atomic mass is 19.1. The first-order valence-electron chi connectivity index (χ1n) is 6.55. The van der Waals surface area contributed by atoms with Gasteiger partial charge >= 0.3 is 0 Å². The first kappa shape index (κ1) is 12.9. The van der Waals surface area contributed by atoms with Gasteiger partial charge < -0.3 is 4.74 Å². The van der Waals surface area contributed by atoms with E-state index in [-0.39, 0.29) is 11.2 Å². The van der Waals surface area contributed by atoms with E-state index < -0.39 is 5.82 Å². The summed E-state index contributed by atoms with van der Waals surface area (Å²) in [5, 5.41) is 0. The van der Waals surface area contributed by atoms with Crippen LogP contribution in [0.15, 0.2) is 36.4 Å². The van der Waals surface area contributed by atoms with Gasteiger partial charge in [0.2, 0.25) is 0 Å². The van der Waals surface area contributed by atoms with Gasteiger partial charge in [0, 0.05) is 6.42 Å². The summed E-state index contributed by atoms with van der Waals surface area (Å²) < 4.78 is 19.5. The van der Waals surface area contributed by atoms with Crippen LogP contribution in [0.2, 0.25) is 0 Å². The molecule has 3 heteroatoms. The van der Waals surface area contributed by atoms with Gasteiger partial charge in [-0.3, -0.25) is 4.79 Å². The number of carbonyl (C=O) groups is 1. The molecule has 0 saturated carbocycles. The summed E-state index contributed by atoms with van der Waals surface area (Å²) >= 11 is 0. The molecule has 2 aromatic carbocycles. The van der Waals surface area contributed by atoms with E-state index >= 15 is 0 Å². The van der Waals surface area contributed by atoms with Gasteiger partial charge in [-0.25, -0.2) is 4.39 Å². The molecule has 0 bridgehead atoms. The highest BCUT2D eigenvalue weighted by Gasteiger charge is 2.29. The minimum atomic E-state index is -0.491. The fourth-order valence-electron chi connectivity index (χ4n) is 2.59. The Balaban J connectivity index is 2.01. The van der Waals surface area contributed by atoms with Crippen LogP contribution in [0, 0.1) is 5.82 Å². The van der Waals surface area contributed by atoms with E-state index in [2.05, 4.69) is 0 Å². The van der Waals surface area contributed by atoms with Crippen molar-refractivity contribution >= 4 is 6.29 Å². The maximum atomic E-state index is 13.7. The second kappa shape index (κ2) is 4.44. The predicted molar refractivity (Wildman–Crippen MR) is 75.6 cm³/mol. The molecular formula is C17H15FO2. The van der Waals surface area contributed by atoms with E-state index in [4.69, 9.17) is 4.74 Å². The molecule has 1 heterocycles. The van der Waals surface area contributed by atoms with Crippen LogP contribution >= 0.6 is 0 Å². The lowest BCUT2D eigenvalue weighted by Crippen LogP contribution is -2.24. The molecule has 20 heavy (non-hydrogen) atoms. The molecule has 0 saturated heterocycles. The fourth-order valence-corrected chi connectivity index (χ4v) is 2.59. The quantitative estimate of drug-likeness (QED) is 0.770. The number of rotatable bonds is 2. The van der Waals surface area contributed by atoms with E-state index in [0.29, 0.717) is 6.29 Å². The minimum absolute atomic E-state index is 0.0828. The third-order valence-electron chi connectivity index (χ3n) is 3.52. The zero-order valence-electron chi connectivity index (χ0n) is 11.4. The summed E-state index contributed by atoms with van der Waals surface area (Å²) in [5.41, 5.74) is 2.72. The number of benzene rings is 2. The molecule has 0 unspecified atom stereocenters. The number of hydrogen-bond acceptors (Lipinski definition) is 2. The summed E-state index contributed by atoms with van der Waals surface area (Å²) in [6.45, 7) is 4.09. The van der Waals surface area contributed by atoms with Crippen molar-refractivity contribution in [1.82, 2.24) is 0 Å². The SMILES string of the molecule is CC1(C)Cc2cc(-c3ccc(C=O)c(F)c3)ccc2O1. The Kier molecular flexibility index (Phi) is 2.85. The first-order chi connectivity index (χ1) is 9.48. The van der Waals surface area contributed by atoms with Crippen molar-refractivity contribution < 1.29 is 13.9 Å². The lowest BCUT2D eigenvalue weighted by atomic mass is 9.97. The third kappa shape index (κ3) is 2.20. The maximum absolute atomic E-state index is 13.7. The summed E-state index contributed by atoms with van der Waals surface area (Å²) in [4.78, 5) is 10.6. The van der Waals surface area contributed by atoms with Crippen LogP contribution in [0.1, 0.15) is 29.8 Å². The van der Waals surface area contributed by atoms with Gasteiger partial charge in [-0.2, -0.15) is 0 Å². The monoisotopic (exact) mass is 270 g/mol. The second-order valence-corrected chi connectivity index (χ2v) is 5.72. The molecule has 0 fully saturated rings. The van der Waals surface area contributed by atoms with Gasteiger partial charge in [0.1, 0.15) is 17.2 Å². The van der Waals surface area contributed by atoms with E-state index in [1.165, 1.54) is 12.1 Å². The van der Waals surface area contributed by atoms with Gasteiger partial charge in [-0.15, -0.1) is 0 Å².